The quantitative estimate of drug-likeness (QED) is 0.598. The molecule has 0 atom stereocenters. The maximum atomic E-state index is 11.2. The van der Waals surface area contributed by atoms with Crippen LogP contribution in [0.5, 0.6) is 0 Å². The highest BCUT2D eigenvalue weighted by Gasteiger charge is 2.04. The van der Waals surface area contributed by atoms with Crippen LogP contribution in [0, 0.1) is 0 Å². The van der Waals surface area contributed by atoms with Crippen molar-refractivity contribution < 1.29 is 14.7 Å². The summed E-state index contributed by atoms with van der Waals surface area (Å²) in [6.45, 7) is 0. The summed E-state index contributed by atoms with van der Waals surface area (Å²) in [5, 5.41) is 10.1. The first-order chi connectivity index (χ1) is 6.20. The average Bonchev–Trinajstić information content (AvgIpc) is 2.15. The van der Waals surface area contributed by atoms with E-state index in [2.05, 4.69) is 4.98 Å². The third kappa shape index (κ3) is 3.02. The molecule has 1 heterocycles. The van der Waals surface area contributed by atoms with E-state index in [0.717, 1.165) is 0 Å². The van der Waals surface area contributed by atoms with E-state index in [4.69, 9.17) is 0 Å². The smallest absolute Gasteiger partial charge is 0.164 e. The molecule has 0 spiro atoms. The second-order valence-corrected chi connectivity index (χ2v) is 2.54. The van der Waals surface area contributed by atoms with Gasteiger partial charge in [0.2, 0.25) is 0 Å². The summed E-state index contributed by atoms with van der Waals surface area (Å²) in [4.78, 5) is 25.0. The Morgan fingerprint density at radius 3 is 2.69 bits per heavy atom. The minimum atomic E-state index is -1.21. The van der Waals surface area contributed by atoms with E-state index in [0.29, 0.717) is 5.56 Å². The molecule has 0 radical (unpaired) electrons. The lowest BCUT2D eigenvalue weighted by Gasteiger charge is -2.00. The first-order valence-electron chi connectivity index (χ1n) is 3.83. The largest absolute Gasteiger partial charge is 0.550 e. The normalized spacial score (nSPS) is 9.54. The van der Waals surface area contributed by atoms with Crippen molar-refractivity contribution in [2.45, 2.75) is 12.8 Å². The van der Waals surface area contributed by atoms with Crippen molar-refractivity contribution in [2.75, 3.05) is 0 Å². The monoisotopic (exact) mass is 178 g/mol. The Bertz CT molecular complexity index is 308. The van der Waals surface area contributed by atoms with Gasteiger partial charge in [0.15, 0.2) is 5.78 Å². The van der Waals surface area contributed by atoms with Gasteiger partial charge < -0.3 is 9.90 Å². The summed E-state index contributed by atoms with van der Waals surface area (Å²) in [6.07, 6.45) is 2.69. The average molecular weight is 178 g/mol. The van der Waals surface area contributed by atoms with E-state index in [1.165, 1.54) is 6.20 Å². The zero-order valence-electron chi connectivity index (χ0n) is 6.90. The second-order valence-electron chi connectivity index (χ2n) is 2.54. The number of aromatic nitrogens is 1. The number of aliphatic carboxylic acids is 1. The lowest BCUT2D eigenvalue weighted by molar-refractivity contribution is -0.305. The van der Waals surface area contributed by atoms with E-state index < -0.39 is 5.97 Å². The molecule has 1 aromatic rings. The summed E-state index contributed by atoms with van der Waals surface area (Å²) < 4.78 is 0. The standard InChI is InChI=1S/C9H9NO3/c11-8(3-4-9(12)13)7-2-1-5-10-6-7/h1-2,5-6H,3-4H2,(H,12,13)/p-1. The number of Topliss-reactive ketones (excluding diaryl/α,β-unsaturated/α-hetero) is 1. The Morgan fingerprint density at radius 1 is 1.38 bits per heavy atom. The molecule has 0 N–H and O–H groups in total. The van der Waals surface area contributed by atoms with Crippen LogP contribution in [0.25, 0.3) is 0 Å². The minimum Gasteiger partial charge on any atom is -0.550 e. The Morgan fingerprint density at radius 2 is 2.15 bits per heavy atom. The van der Waals surface area contributed by atoms with Crippen molar-refractivity contribution in [3.63, 3.8) is 0 Å². The van der Waals surface area contributed by atoms with E-state index in [1.54, 1.807) is 18.3 Å². The number of nitrogens with zero attached hydrogens (tertiary/aromatic N) is 1. The maximum Gasteiger partial charge on any atom is 0.164 e. The summed E-state index contributed by atoms with van der Waals surface area (Å²) in [5.41, 5.74) is 0.434. The zero-order valence-corrected chi connectivity index (χ0v) is 6.90. The van der Waals surface area contributed by atoms with Crippen LogP contribution in [-0.4, -0.2) is 16.7 Å². The fourth-order valence-electron chi connectivity index (χ4n) is 0.888. The van der Waals surface area contributed by atoms with Crippen molar-refractivity contribution in [1.29, 1.82) is 0 Å². The fourth-order valence-corrected chi connectivity index (χ4v) is 0.888. The number of ketones is 1. The molecule has 68 valence electrons. The Hall–Kier alpha value is -1.71. The zero-order chi connectivity index (χ0) is 9.68. The molecular formula is C9H8NO3-. The van der Waals surface area contributed by atoms with Crippen LogP contribution in [0.1, 0.15) is 23.2 Å². The van der Waals surface area contributed by atoms with Gasteiger partial charge in [0.1, 0.15) is 0 Å². The lowest BCUT2D eigenvalue weighted by Crippen LogP contribution is -2.22. The number of carboxylic acid groups (broad SMARTS) is 1. The Labute approximate surface area is 75.2 Å². The van der Waals surface area contributed by atoms with Gasteiger partial charge in [-0.3, -0.25) is 9.78 Å². The van der Waals surface area contributed by atoms with Gasteiger partial charge in [-0.05, 0) is 18.6 Å². The van der Waals surface area contributed by atoms with Gasteiger partial charge >= 0.3 is 0 Å². The van der Waals surface area contributed by atoms with Crippen molar-refractivity contribution >= 4 is 11.8 Å². The predicted molar refractivity (Wildman–Crippen MR) is 42.8 cm³/mol. The number of hydrogen-bond acceptors (Lipinski definition) is 4. The van der Waals surface area contributed by atoms with Crippen LogP contribution in [-0.2, 0) is 4.79 Å². The number of rotatable bonds is 4. The van der Waals surface area contributed by atoms with Gasteiger partial charge in [0, 0.05) is 30.3 Å². The minimum absolute atomic E-state index is 0.0337. The van der Waals surface area contributed by atoms with E-state index in [-0.39, 0.29) is 18.6 Å². The van der Waals surface area contributed by atoms with Crippen LogP contribution < -0.4 is 5.11 Å². The van der Waals surface area contributed by atoms with Crippen LogP contribution in [0.2, 0.25) is 0 Å². The van der Waals surface area contributed by atoms with Crippen molar-refractivity contribution in [2.24, 2.45) is 0 Å². The molecule has 1 aromatic heterocycles. The SMILES string of the molecule is O=C([O-])CCC(=O)c1cccnc1. The molecule has 4 heteroatoms. The summed E-state index contributed by atoms with van der Waals surface area (Å²) >= 11 is 0. The van der Waals surface area contributed by atoms with Crippen LogP contribution in [0.3, 0.4) is 0 Å². The van der Waals surface area contributed by atoms with Crippen molar-refractivity contribution in [3.05, 3.63) is 30.1 Å². The van der Waals surface area contributed by atoms with Gasteiger partial charge in [-0.15, -0.1) is 0 Å². The third-order valence-electron chi connectivity index (χ3n) is 1.54. The molecule has 0 fully saturated rings. The molecule has 0 aliphatic carbocycles. The Balaban J connectivity index is 2.54. The lowest BCUT2D eigenvalue weighted by atomic mass is 10.1. The summed E-state index contributed by atoms with van der Waals surface area (Å²) in [7, 11) is 0. The summed E-state index contributed by atoms with van der Waals surface area (Å²) in [6, 6.07) is 3.23. The van der Waals surface area contributed by atoms with Gasteiger partial charge in [0.25, 0.3) is 0 Å². The predicted octanol–water partition coefficient (Wildman–Crippen LogP) is -0.206. The molecule has 0 bridgehead atoms. The van der Waals surface area contributed by atoms with Crippen LogP contribution in [0.15, 0.2) is 24.5 Å². The number of carbonyl (C=O) groups is 2. The highest BCUT2D eigenvalue weighted by molar-refractivity contribution is 5.96. The third-order valence-corrected chi connectivity index (χ3v) is 1.54. The highest BCUT2D eigenvalue weighted by Crippen LogP contribution is 2.02. The van der Waals surface area contributed by atoms with Gasteiger partial charge in [0.05, 0.1) is 0 Å². The van der Waals surface area contributed by atoms with Crippen LogP contribution in [0.4, 0.5) is 0 Å². The number of carboxylic acids is 1. The van der Waals surface area contributed by atoms with E-state index >= 15 is 0 Å². The molecule has 0 aliphatic rings. The Kier molecular flexibility index (Phi) is 3.14. The molecule has 1 rings (SSSR count). The topological polar surface area (TPSA) is 70.1 Å². The second kappa shape index (κ2) is 4.35. The van der Waals surface area contributed by atoms with Gasteiger partial charge in [-0.2, -0.15) is 0 Å². The molecule has 13 heavy (non-hydrogen) atoms. The first-order valence-corrected chi connectivity index (χ1v) is 3.83. The van der Waals surface area contributed by atoms with Gasteiger partial charge in [-0.1, -0.05) is 0 Å². The molecule has 0 aliphatic heterocycles. The molecule has 0 aromatic carbocycles. The molecule has 4 nitrogen and oxygen atoms in total. The fraction of sp³-hybridized carbons (Fsp3) is 0.222. The molecule has 0 amide bonds. The first kappa shape index (κ1) is 9.38. The summed E-state index contributed by atoms with van der Waals surface area (Å²) in [5.74, 6) is -1.44. The molecule has 0 unspecified atom stereocenters. The molecular weight excluding hydrogens is 170 g/mol. The van der Waals surface area contributed by atoms with Crippen molar-refractivity contribution in [1.82, 2.24) is 4.98 Å². The molecule has 0 saturated carbocycles. The van der Waals surface area contributed by atoms with Crippen molar-refractivity contribution in [3.8, 4) is 0 Å². The maximum absolute atomic E-state index is 11.2. The number of pyridine rings is 1. The number of hydrogen-bond donors (Lipinski definition) is 0. The van der Waals surface area contributed by atoms with E-state index in [1.807, 2.05) is 0 Å². The van der Waals surface area contributed by atoms with Gasteiger partial charge in [-0.25, -0.2) is 0 Å². The molecule has 0 saturated heterocycles. The van der Waals surface area contributed by atoms with E-state index in [9.17, 15) is 14.7 Å². The number of carbonyl (C=O) groups excluding carboxylic acids is 2. The van der Waals surface area contributed by atoms with Crippen LogP contribution >= 0.6 is 0 Å². The highest BCUT2D eigenvalue weighted by atomic mass is 16.4.